The largest absolute Gasteiger partial charge is 0.508 e. The van der Waals surface area contributed by atoms with E-state index in [2.05, 4.69) is 11.6 Å². The summed E-state index contributed by atoms with van der Waals surface area (Å²) in [7, 11) is 0. The Bertz CT molecular complexity index is 672. The van der Waals surface area contributed by atoms with Crippen LogP contribution in [0, 0.1) is 0 Å². The molecule has 0 fully saturated rings. The fraction of sp³-hybridized carbons (Fsp3) is 0.389. The van der Waals surface area contributed by atoms with Gasteiger partial charge in [0.2, 0.25) is 0 Å². The van der Waals surface area contributed by atoms with Gasteiger partial charge in [-0.25, -0.2) is 0 Å². The Morgan fingerprint density at radius 2 is 2.27 bits per heavy atom. The van der Waals surface area contributed by atoms with Crippen molar-refractivity contribution in [1.29, 1.82) is 0 Å². The maximum absolute atomic E-state index is 11.6. The molecule has 0 aliphatic heterocycles. The number of allylic oxidation sites excluding steroid dienone is 1. The van der Waals surface area contributed by atoms with Gasteiger partial charge in [-0.3, -0.25) is 4.79 Å². The van der Waals surface area contributed by atoms with Crippen LogP contribution in [0.25, 0.3) is 10.9 Å². The van der Waals surface area contributed by atoms with Crippen molar-refractivity contribution in [2.75, 3.05) is 6.61 Å². The van der Waals surface area contributed by atoms with Crippen molar-refractivity contribution in [3.8, 4) is 5.75 Å². The summed E-state index contributed by atoms with van der Waals surface area (Å²) < 4.78 is 5.02. The molecule has 0 radical (unpaired) electrons. The number of ether oxygens (including phenoxy) is 1. The number of aryl methyl sites for hydroxylation is 1. The minimum atomic E-state index is -0.137. The standard InChI is InChI=1S/C15H17NO3.C3H6/c1-2-19-14(18)7-9-3-5-11-12-8-10(17)4-6-13(12)16-15(9)11;1-3-2/h4,6,8-9,16-17H,2-3,5,7H2,1H3;3H,1H2,2H3. The van der Waals surface area contributed by atoms with Crippen molar-refractivity contribution in [1.82, 2.24) is 4.98 Å². The van der Waals surface area contributed by atoms with Gasteiger partial charge in [0, 0.05) is 22.5 Å². The molecule has 3 rings (SSSR count). The van der Waals surface area contributed by atoms with Crippen molar-refractivity contribution in [3.63, 3.8) is 0 Å². The van der Waals surface area contributed by atoms with E-state index in [0.717, 1.165) is 29.4 Å². The first-order chi connectivity index (χ1) is 10.6. The minimum absolute atomic E-state index is 0.137. The van der Waals surface area contributed by atoms with Gasteiger partial charge in [-0.05, 0) is 50.5 Å². The number of hydrogen-bond donors (Lipinski definition) is 2. The van der Waals surface area contributed by atoms with Crippen LogP contribution in [-0.4, -0.2) is 22.7 Å². The lowest BCUT2D eigenvalue weighted by atomic mass is 10.0. The van der Waals surface area contributed by atoms with E-state index >= 15 is 0 Å². The van der Waals surface area contributed by atoms with E-state index in [1.165, 1.54) is 5.56 Å². The van der Waals surface area contributed by atoms with E-state index in [0.29, 0.717) is 13.0 Å². The average molecular weight is 301 g/mol. The Balaban J connectivity index is 0.000000545. The maximum Gasteiger partial charge on any atom is 0.306 e. The van der Waals surface area contributed by atoms with Gasteiger partial charge in [0.25, 0.3) is 0 Å². The highest BCUT2D eigenvalue weighted by molar-refractivity contribution is 5.87. The number of carbonyl (C=O) groups is 1. The number of phenols is 1. The first kappa shape index (κ1) is 16.1. The molecule has 1 unspecified atom stereocenters. The molecule has 0 spiro atoms. The summed E-state index contributed by atoms with van der Waals surface area (Å²) in [5.41, 5.74) is 3.39. The van der Waals surface area contributed by atoms with Gasteiger partial charge in [0.05, 0.1) is 13.0 Å². The smallest absolute Gasteiger partial charge is 0.306 e. The van der Waals surface area contributed by atoms with Crippen molar-refractivity contribution in [2.45, 2.75) is 39.0 Å². The van der Waals surface area contributed by atoms with Crippen LogP contribution < -0.4 is 0 Å². The van der Waals surface area contributed by atoms with Gasteiger partial charge < -0.3 is 14.8 Å². The van der Waals surface area contributed by atoms with E-state index in [1.54, 1.807) is 18.2 Å². The van der Waals surface area contributed by atoms with Gasteiger partial charge in [0.15, 0.2) is 0 Å². The zero-order chi connectivity index (χ0) is 16.1. The van der Waals surface area contributed by atoms with Crippen LogP contribution in [0.2, 0.25) is 0 Å². The Morgan fingerprint density at radius 1 is 1.55 bits per heavy atom. The molecule has 118 valence electrons. The number of phenolic OH excluding ortho intramolecular Hbond substituents is 1. The highest BCUT2D eigenvalue weighted by Gasteiger charge is 2.28. The number of benzene rings is 1. The summed E-state index contributed by atoms with van der Waals surface area (Å²) in [5, 5.41) is 10.6. The number of rotatable bonds is 3. The van der Waals surface area contributed by atoms with Crippen LogP contribution in [-0.2, 0) is 16.0 Å². The number of carbonyl (C=O) groups excluding carboxylic acids is 1. The van der Waals surface area contributed by atoms with Gasteiger partial charge >= 0.3 is 5.97 Å². The molecule has 1 aliphatic rings. The van der Waals surface area contributed by atoms with E-state index in [4.69, 9.17) is 4.74 Å². The van der Waals surface area contributed by atoms with Crippen LogP contribution in [0.3, 0.4) is 0 Å². The molecule has 4 heteroatoms. The fourth-order valence-electron chi connectivity index (χ4n) is 2.96. The molecule has 0 amide bonds. The van der Waals surface area contributed by atoms with Crippen LogP contribution in [0.4, 0.5) is 0 Å². The van der Waals surface area contributed by atoms with Crippen molar-refractivity contribution >= 4 is 16.9 Å². The third-order valence-electron chi connectivity index (χ3n) is 3.79. The minimum Gasteiger partial charge on any atom is -0.508 e. The number of fused-ring (bicyclic) bond motifs is 3. The maximum atomic E-state index is 11.6. The lowest BCUT2D eigenvalue weighted by Gasteiger charge is -2.08. The highest BCUT2D eigenvalue weighted by Crippen LogP contribution is 2.40. The second-order valence-corrected chi connectivity index (χ2v) is 5.40. The third kappa shape index (κ3) is 3.32. The molecule has 1 aliphatic carbocycles. The summed E-state index contributed by atoms with van der Waals surface area (Å²) in [5.74, 6) is 0.355. The Labute approximate surface area is 130 Å². The van der Waals surface area contributed by atoms with Crippen LogP contribution >= 0.6 is 0 Å². The van der Waals surface area contributed by atoms with Crippen molar-refractivity contribution < 1.29 is 14.6 Å². The number of aromatic nitrogens is 1. The number of aromatic amines is 1. The number of esters is 1. The first-order valence-corrected chi connectivity index (χ1v) is 7.66. The molecular formula is C18H23NO3. The Morgan fingerprint density at radius 3 is 2.95 bits per heavy atom. The molecule has 1 aromatic heterocycles. The summed E-state index contributed by atoms with van der Waals surface area (Å²) in [6.07, 6.45) is 4.09. The van der Waals surface area contributed by atoms with Crippen LogP contribution in [0.5, 0.6) is 5.75 Å². The predicted octanol–water partition coefficient (Wildman–Crippen LogP) is 4.05. The highest BCUT2D eigenvalue weighted by atomic mass is 16.5. The molecular weight excluding hydrogens is 278 g/mol. The summed E-state index contributed by atoms with van der Waals surface area (Å²) in [6.45, 7) is 7.50. The molecule has 0 saturated heterocycles. The first-order valence-electron chi connectivity index (χ1n) is 7.66. The lowest BCUT2D eigenvalue weighted by molar-refractivity contribution is -0.143. The molecule has 4 nitrogen and oxygen atoms in total. The quantitative estimate of drug-likeness (QED) is 0.664. The molecule has 2 aromatic rings. The Hall–Kier alpha value is -2.23. The van der Waals surface area contributed by atoms with E-state index in [1.807, 2.05) is 19.9 Å². The van der Waals surface area contributed by atoms with Crippen LogP contribution in [0.1, 0.15) is 43.9 Å². The molecule has 0 saturated carbocycles. The van der Waals surface area contributed by atoms with E-state index in [9.17, 15) is 9.90 Å². The summed E-state index contributed by atoms with van der Waals surface area (Å²) in [6, 6.07) is 5.34. The second-order valence-electron chi connectivity index (χ2n) is 5.40. The topological polar surface area (TPSA) is 62.3 Å². The van der Waals surface area contributed by atoms with Gasteiger partial charge in [-0.2, -0.15) is 0 Å². The number of hydrogen-bond acceptors (Lipinski definition) is 3. The van der Waals surface area contributed by atoms with E-state index < -0.39 is 0 Å². The molecule has 0 bridgehead atoms. The zero-order valence-electron chi connectivity index (χ0n) is 13.2. The average Bonchev–Trinajstić information content (AvgIpc) is 3.00. The van der Waals surface area contributed by atoms with Gasteiger partial charge in [-0.15, -0.1) is 6.58 Å². The van der Waals surface area contributed by atoms with Gasteiger partial charge in [0.1, 0.15) is 5.75 Å². The molecule has 2 N–H and O–H groups in total. The van der Waals surface area contributed by atoms with Crippen LogP contribution in [0.15, 0.2) is 30.9 Å². The molecule has 1 atom stereocenters. The SMILES string of the molecule is C=CC.CCOC(=O)CC1CCc2c1[nH]c1ccc(O)cc21. The third-order valence-corrected chi connectivity index (χ3v) is 3.79. The number of H-pyrrole nitrogens is 1. The fourth-order valence-corrected chi connectivity index (χ4v) is 2.96. The monoisotopic (exact) mass is 301 g/mol. The second kappa shape index (κ2) is 7.16. The summed E-state index contributed by atoms with van der Waals surface area (Å²) >= 11 is 0. The zero-order valence-corrected chi connectivity index (χ0v) is 13.2. The molecule has 22 heavy (non-hydrogen) atoms. The van der Waals surface area contributed by atoms with Crippen molar-refractivity contribution in [3.05, 3.63) is 42.1 Å². The normalized spacial score (nSPS) is 15.8. The number of nitrogens with one attached hydrogen (secondary N) is 1. The molecule has 1 heterocycles. The Kier molecular flexibility index (Phi) is 5.26. The number of aromatic hydroxyl groups is 1. The molecule has 1 aromatic carbocycles. The predicted molar refractivity (Wildman–Crippen MR) is 88.1 cm³/mol. The van der Waals surface area contributed by atoms with Gasteiger partial charge in [-0.1, -0.05) is 6.08 Å². The van der Waals surface area contributed by atoms with E-state index in [-0.39, 0.29) is 17.6 Å². The lowest BCUT2D eigenvalue weighted by Crippen LogP contribution is -2.08. The van der Waals surface area contributed by atoms with Crippen molar-refractivity contribution in [2.24, 2.45) is 0 Å². The summed E-state index contributed by atoms with van der Waals surface area (Å²) in [4.78, 5) is 15.0.